The van der Waals surface area contributed by atoms with Gasteiger partial charge in [0.25, 0.3) is 0 Å². The average molecular weight is 530 g/mol. The zero-order chi connectivity index (χ0) is 25.3. The van der Waals surface area contributed by atoms with Gasteiger partial charge in [0.1, 0.15) is 5.75 Å². The maximum atomic E-state index is 12.8. The van der Waals surface area contributed by atoms with Crippen LogP contribution in [0.4, 0.5) is 18.9 Å². The number of rotatable bonds is 6. The van der Waals surface area contributed by atoms with Crippen LogP contribution in [0.1, 0.15) is 16.3 Å². The Morgan fingerprint density at radius 1 is 1.08 bits per heavy atom. The Morgan fingerprint density at radius 2 is 1.89 bits per heavy atom. The van der Waals surface area contributed by atoms with Gasteiger partial charge in [0.15, 0.2) is 0 Å². The van der Waals surface area contributed by atoms with Crippen molar-refractivity contribution in [2.75, 3.05) is 11.3 Å². The molecule has 0 aliphatic carbocycles. The molecule has 2 atom stereocenters. The van der Waals surface area contributed by atoms with Crippen molar-refractivity contribution in [2.24, 2.45) is 5.92 Å². The van der Waals surface area contributed by atoms with Crippen molar-refractivity contribution in [3.63, 3.8) is 0 Å². The second-order valence-electron chi connectivity index (χ2n) is 8.55. The molecule has 2 aromatic carbocycles. The fourth-order valence-electron chi connectivity index (χ4n) is 4.20. The molecule has 0 spiro atoms. The predicted molar refractivity (Wildman–Crippen MR) is 136 cm³/mol. The number of hydrogen-bond donors (Lipinski definition) is 1. The normalized spacial score (nSPS) is 16.2. The minimum absolute atomic E-state index is 0.143. The van der Waals surface area contributed by atoms with Crippen molar-refractivity contribution in [1.29, 1.82) is 0 Å². The molecule has 1 unspecified atom stereocenters. The quantitative estimate of drug-likeness (QED) is 0.307. The molecule has 1 N–H and O–H groups in total. The summed E-state index contributed by atoms with van der Waals surface area (Å²) < 4.78 is 58.1. The first-order valence-corrected chi connectivity index (χ1v) is 13.2. The molecule has 0 saturated carbocycles. The fourth-order valence-corrected chi connectivity index (χ4v) is 5.46. The van der Waals surface area contributed by atoms with Crippen LogP contribution in [-0.4, -0.2) is 26.3 Å². The van der Waals surface area contributed by atoms with Crippen LogP contribution < -0.4 is 9.46 Å². The van der Waals surface area contributed by atoms with E-state index in [1.165, 1.54) is 6.07 Å². The highest BCUT2D eigenvalue weighted by Crippen LogP contribution is 2.36. The number of nitrogens with zero attached hydrogens (tertiary/aromatic N) is 2. The zero-order valence-corrected chi connectivity index (χ0v) is 20.8. The third kappa shape index (κ3) is 5.44. The number of aryl methyl sites for hydroxylation is 1. The molecule has 0 saturated heterocycles. The summed E-state index contributed by atoms with van der Waals surface area (Å²) in [5.74, 6) is 0.967. The lowest BCUT2D eigenvalue weighted by molar-refractivity contribution is -0.0379. The van der Waals surface area contributed by atoms with Gasteiger partial charge in [0.05, 0.1) is 22.2 Å². The average Bonchev–Trinajstić information content (AvgIpc) is 3.30. The Bertz CT molecular complexity index is 1400. The zero-order valence-electron chi connectivity index (χ0n) is 19.2. The van der Waals surface area contributed by atoms with E-state index >= 15 is 0 Å². The van der Waals surface area contributed by atoms with Crippen molar-refractivity contribution in [1.82, 2.24) is 9.97 Å². The Labute approximate surface area is 213 Å². The van der Waals surface area contributed by atoms with Gasteiger partial charge in [-0.2, -0.15) is 13.2 Å². The van der Waals surface area contributed by atoms with E-state index < -0.39 is 16.5 Å². The molecular formula is C26H22F3N3O2S2. The van der Waals surface area contributed by atoms with Gasteiger partial charge >= 0.3 is 5.51 Å². The molecule has 0 radical (unpaired) electrons. The number of fused-ring (bicyclic) bond motifs is 1. The van der Waals surface area contributed by atoms with Crippen molar-refractivity contribution in [2.45, 2.75) is 25.3 Å². The summed E-state index contributed by atoms with van der Waals surface area (Å²) in [5.41, 5.74) is -0.423. The van der Waals surface area contributed by atoms with Crippen LogP contribution in [0.3, 0.4) is 0 Å². The number of aromatic nitrogens is 2. The predicted octanol–water partition coefficient (Wildman–Crippen LogP) is 6.57. The molecule has 0 fully saturated rings. The monoisotopic (exact) mass is 529 g/mol. The summed E-state index contributed by atoms with van der Waals surface area (Å²) in [6.07, 6.45) is 5.33. The molecule has 36 heavy (non-hydrogen) atoms. The second kappa shape index (κ2) is 10.0. The maximum absolute atomic E-state index is 12.8. The largest absolute Gasteiger partial charge is 0.493 e. The molecule has 186 valence electrons. The van der Waals surface area contributed by atoms with Gasteiger partial charge in [-0.25, -0.2) is 9.19 Å². The number of hydrogen-bond acceptors (Lipinski definition) is 5. The topological polar surface area (TPSA) is 64.1 Å². The third-order valence-corrected chi connectivity index (χ3v) is 7.72. The van der Waals surface area contributed by atoms with Gasteiger partial charge in [-0.1, -0.05) is 36.4 Å². The van der Waals surface area contributed by atoms with Crippen molar-refractivity contribution < 1.29 is 22.1 Å². The molecule has 5 rings (SSSR count). The van der Waals surface area contributed by atoms with Crippen molar-refractivity contribution in [3.8, 4) is 27.3 Å². The summed E-state index contributed by atoms with van der Waals surface area (Å²) >= 11 is 1.64. The Kier molecular flexibility index (Phi) is 6.81. The minimum Gasteiger partial charge on any atom is -0.493 e. The molecule has 3 heterocycles. The standard InChI is InChI=1S/C26H22F3N3O2S2/c1-16-30-14-25(35-16)20-8-9-21(31-13-20)11-17-10-19-7-6-18(12-24(19)34-15-17)22-4-2-3-5-23(22)32-36(33)26(27,28)29/h2-9,12-14,17,32H,10-11,15H2,1H3/t17-,36?/m0/s1. The van der Waals surface area contributed by atoms with Gasteiger partial charge in [-0.05, 0) is 49.1 Å². The summed E-state index contributed by atoms with van der Waals surface area (Å²) in [4.78, 5) is 10.0. The van der Waals surface area contributed by atoms with Gasteiger partial charge in [-0.3, -0.25) is 9.71 Å². The number of para-hydroxylation sites is 1. The summed E-state index contributed by atoms with van der Waals surface area (Å²) in [5, 5.41) is 1.02. The minimum atomic E-state index is -4.85. The van der Waals surface area contributed by atoms with E-state index in [2.05, 4.69) is 20.8 Å². The van der Waals surface area contributed by atoms with E-state index in [1.54, 1.807) is 29.5 Å². The van der Waals surface area contributed by atoms with Crippen LogP contribution in [0, 0.1) is 12.8 Å². The highest BCUT2D eigenvalue weighted by molar-refractivity contribution is 7.87. The smallest absolute Gasteiger partial charge is 0.490 e. The number of halogens is 3. The van der Waals surface area contributed by atoms with E-state index in [-0.39, 0.29) is 11.6 Å². The van der Waals surface area contributed by atoms with E-state index in [0.717, 1.165) is 39.5 Å². The molecular weight excluding hydrogens is 507 g/mol. The number of nitrogens with one attached hydrogen (secondary N) is 1. The number of pyridine rings is 1. The Balaban J connectivity index is 1.28. The van der Waals surface area contributed by atoms with Gasteiger partial charge in [-0.15, -0.1) is 11.3 Å². The third-order valence-electron chi connectivity index (χ3n) is 5.93. The molecule has 0 bridgehead atoms. The number of anilines is 1. The number of ether oxygens (including phenoxy) is 1. The first-order valence-electron chi connectivity index (χ1n) is 11.2. The molecule has 0 amide bonds. The Hall–Kier alpha value is -3.24. The van der Waals surface area contributed by atoms with Crippen LogP contribution in [0.15, 0.2) is 67.0 Å². The van der Waals surface area contributed by atoms with E-state index in [9.17, 15) is 17.4 Å². The van der Waals surface area contributed by atoms with Crippen LogP contribution in [0.25, 0.3) is 21.6 Å². The molecule has 5 nitrogen and oxygen atoms in total. The summed E-state index contributed by atoms with van der Waals surface area (Å²) in [6, 6.07) is 16.2. The van der Waals surface area contributed by atoms with Crippen LogP contribution in [0.5, 0.6) is 5.75 Å². The Morgan fingerprint density at radius 3 is 2.61 bits per heavy atom. The summed E-state index contributed by atoms with van der Waals surface area (Å²) in [7, 11) is -3.20. The van der Waals surface area contributed by atoms with Crippen LogP contribution >= 0.6 is 11.3 Å². The molecule has 10 heteroatoms. The van der Waals surface area contributed by atoms with Gasteiger partial charge < -0.3 is 4.74 Å². The van der Waals surface area contributed by atoms with Crippen molar-refractivity contribution >= 4 is 28.0 Å². The van der Waals surface area contributed by atoms with Crippen LogP contribution in [-0.2, 0) is 23.8 Å². The highest BCUT2D eigenvalue weighted by Gasteiger charge is 2.37. The second-order valence-corrected chi connectivity index (χ2v) is 11.0. The highest BCUT2D eigenvalue weighted by atomic mass is 32.2. The van der Waals surface area contributed by atoms with E-state index in [0.29, 0.717) is 23.5 Å². The number of benzene rings is 2. The van der Waals surface area contributed by atoms with E-state index in [4.69, 9.17) is 4.74 Å². The molecule has 1 aliphatic heterocycles. The number of thiazole rings is 1. The van der Waals surface area contributed by atoms with Crippen LogP contribution in [0.2, 0.25) is 0 Å². The maximum Gasteiger partial charge on any atom is 0.490 e. The van der Waals surface area contributed by atoms with E-state index in [1.807, 2.05) is 43.6 Å². The fraction of sp³-hybridized carbons (Fsp3) is 0.231. The molecule has 1 aliphatic rings. The van der Waals surface area contributed by atoms with Crippen molar-refractivity contribution in [3.05, 3.63) is 83.3 Å². The lowest BCUT2D eigenvalue weighted by atomic mass is 9.91. The molecule has 2 aromatic heterocycles. The van der Waals surface area contributed by atoms with Gasteiger partial charge in [0, 0.05) is 35.1 Å². The summed E-state index contributed by atoms with van der Waals surface area (Å²) in [6.45, 7) is 2.50. The lowest BCUT2D eigenvalue weighted by Crippen LogP contribution is -2.23. The first kappa shape index (κ1) is 24.5. The first-order chi connectivity index (χ1) is 17.3. The SMILES string of the molecule is Cc1ncc(-c2ccc(C[C@H]3COc4cc(-c5ccccc5NS(=O)C(F)(F)F)ccc4C3)nc2)s1. The van der Waals surface area contributed by atoms with Gasteiger partial charge in [0.2, 0.25) is 11.0 Å². The molecule has 4 aromatic rings. The number of alkyl halides is 3. The lowest BCUT2D eigenvalue weighted by Gasteiger charge is -2.26.